The standard InChI is InChI=1S/C16H27NO/c1-11-6-7-15(12(2)8-11)16(4)9-14(16)10-17(5)13(3)18/h8,12,14-15H,6-7,9-10H2,1-5H3. The molecule has 0 heterocycles. The van der Waals surface area contributed by atoms with Crippen molar-refractivity contribution in [3.8, 4) is 0 Å². The number of rotatable bonds is 3. The van der Waals surface area contributed by atoms with E-state index in [0.29, 0.717) is 17.3 Å². The minimum Gasteiger partial charge on any atom is -0.346 e. The van der Waals surface area contributed by atoms with E-state index in [4.69, 9.17) is 0 Å². The van der Waals surface area contributed by atoms with Gasteiger partial charge in [-0.05, 0) is 49.4 Å². The van der Waals surface area contributed by atoms with Gasteiger partial charge in [0.05, 0.1) is 0 Å². The highest BCUT2D eigenvalue weighted by Crippen LogP contribution is 2.61. The molecule has 102 valence electrons. The van der Waals surface area contributed by atoms with Crippen molar-refractivity contribution in [2.75, 3.05) is 13.6 Å². The van der Waals surface area contributed by atoms with Crippen LogP contribution in [0.1, 0.15) is 47.0 Å². The Balaban J connectivity index is 1.97. The first-order valence-electron chi connectivity index (χ1n) is 7.23. The van der Waals surface area contributed by atoms with Crippen LogP contribution in [0.25, 0.3) is 0 Å². The molecule has 18 heavy (non-hydrogen) atoms. The lowest BCUT2D eigenvalue weighted by molar-refractivity contribution is -0.127. The number of carbonyl (C=O) groups excluding carboxylic acids is 1. The molecule has 1 amide bonds. The second-order valence-corrected chi connectivity index (χ2v) is 6.82. The maximum absolute atomic E-state index is 11.3. The summed E-state index contributed by atoms with van der Waals surface area (Å²) in [7, 11) is 1.93. The molecule has 2 rings (SSSR count). The van der Waals surface area contributed by atoms with Crippen molar-refractivity contribution < 1.29 is 4.79 Å². The van der Waals surface area contributed by atoms with Crippen LogP contribution in [0.15, 0.2) is 11.6 Å². The van der Waals surface area contributed by atoms with Gasteiger partial charge in [-0.1, -0.05) is 25.5 Å². The Kier molecular flexibility index (Phi) is 3.57. The van der Waals surface area contributed by atoms with Gasteiger partial charge in [-0.25, -0.2) is 0 Å². The molecule has 0 aliphatic heterocycles. The van der Waals surface area contributed by atoms with Crippen LogP contribution in [0, 0.1) is 23.2 Å². The van der Waals surface area contributed by atoms with Crippen molar-refractivity contribution >= 4 is 5.91 Å². The van der Waals surface area contributed by atoms with Crippen molar-refractivity contribution in [1.29, 1.82) is 0 Å². The Morgan fingerprint density at radius 3 is 2.78 bits per heavy atom. The van der Waals surface area contributed by atoms with Gasteiger partial charge in [0.1, 0.15) is 0 Å². The highest BCUT2D eigenvalue weighted by molar-refractivity contribution is 5.72. The molecule has 4 unspecified atom stereocenters. The van der Waals surface area contributed by atoms with Crippen molar-refractivity contribution in [1.82, 2.24) is 4.90 Å². The molecule has 0 aromatic heterocycles. The third kappa shape index (κ3) is 2.48. The highest BCUT2D eigenvalue weighted by atomic mass is 16.2. The lowest BCUT2D eigenvalue weighted by Crippen LogP contribution is -2.30. The predicted molar refractivity (Wildman–Crippen MR) is 75.2 cm³/mol. The molecule has 1 saturated carbocycles. The lowest BCUT2D eigenvalue weighted by Gasteiger charge is -2.33. The Morgan fingerprint density at radius 1 is 1.56 bits per heavy atom. The molecule has 0 N–H and O–H groups in total. The minimum atomic E-state index is 0.191. The molecule has 2 heteroatoms. The van der Waals surface area contributed by atoms with E-state index in [9.17, 15) is 4.79 Å². The summed E-state index contributed by atoms with van der Waals surface area (Å²) < 4.78 is 0. The van der Waals surface area contributed by atoms with Gasteiger partial charge in [-0.2, -0.15) is 0 Å². The highest BCUT2D eigenvalue weighted by Gasteiger charge is 2.56. The molecule has 2 aliphatic carbocycles. The minimum absolute atomic E-state index is 0.191. The van der Waals surface area contributed by atoms with E-state index in [1.807, 2.05) is 11.9 Å². The number of allylic oxidation sites excluding steroid dienone is 2. The van der Waals surface area contributed by atoms with E-state index in [0.717, 1.165) is 12.5 Å². The van der Waals surface area contributed by atoms with Gasteiger partial charge in [-0.15, -0.1) is 0 Å². The zero-order chi connectivity index (χ0) is 13.5. The van der Waals surface area contributed by atoms with Gasteiger partial charge in [0.15, 0.2) is 0 Å². The van der Waals surface area contributed by atoms with Crippen LogP contribution in [0.3, 0.4) is 0 Å². The van der Waals surface area contributed by atoms with Crippen LogP contribution in [-0.2, 0) is 4.79 Å². The van der Waals surface area contributed by atoms with Crippen LogP contribution < -0.4 is 0 Å². The summed E-state index contributed by atoms with van der Waals surface area (Å²) in [5.74, 6) is 2.42. The van der Waals surface area contributed by atoms with Gasteiger partial charge in [-0.3, -0.25) is 4.79 Å². The fraction of sp³-hybridized carbons (Fsp3) is 0.812. The quantitative estimate of drug-likeness (QED) is 0.701. The number of nitrogens with zero attached hydrogens (tertiary/aromatic N) is 1. The molecule has 1 fully saturated rings. The van der Waals surface area contributed by atoms with Gasteiger partial charge in [0, 0.05) is 20.5 Å². The van der Waals surface area contributed by atoms with Gasteiger partial charge >= 0.3 is 0 Å². The molecule has 0 aromatic rings. The third-order valence-corrected chi connectivity index (χ3v) is 5.37. The smallest absolute Gasteiger partial charge is 0.219 e. The molecule has 0 saturated heterocycles. The van der Waals surface area contributed by atoms with E-state index in [-0.39, 0.29) is 5.91 Å². The fourth-order valence-corrected chi connectivity index (χ4v) is 3.88. The number of hydrogen-bond acceptors (Lipinski definition) is 1. The Labute approximate surface area is 111 Å². The third-order valence-electron chi connectivity index (χ3n) is 5.37. The van der Waals surface area contributed by atoms with Crippen molar-refractivity contribution in [3.05, 3.63) is 11.6 Å². The van der Waals surface area contributed by atoms with Crippen LogP contribution in [-0.4, -0.2) is 24.4 Å². The molecule has 2 nitrogen and oxygen atoms in total. The van der Waals surface area contributed by atoms with Crippen molar-refractivity contribution in [2.24, 2.45) is 23.2 Å². The monoisotopic (exact) mass is 249 g/mol. The van der Waals surface area contributed by atoms with E-state index in [2.05, 4.69) is 26.8 Å². The van der Waals surface area contributed by atoms with E-state index in [1.54, 1.807) is 12.5 Å². The second-order valence-electron chi connectivity index (χ2n) is 6.82. The largest absolute Gasteiger partial charge is 0.346 e. The zero-order valence-corrected chi connectivity index (χ0v) is 12.5. The zero-order valence-electron chi connectivity index (χ0n) is 12.5. The molecule has 0 bridgehead atoms. The molecule has 4 atom stereocenters. The first kappa shape index (κ1) is 13.6. The van der Waals surface area contributed by atoms with Crippen LogP contribution in [0.2, 0.25) is 0 Å². The van der Waals surface area contributed by atoms with Crippen LogP contribution in [0.5, 0.6) is 0 Å². The summed E-state index contributed by atoms with van der Waals surface area (Å²) in [6.45, 7) is 9.65. The number of carbonyl (C=O) groups is 1. The first-order chi connectivity index (χ1) is 8.34. The van der Waals surface area contributed by atoms with Crippen molar-refractivity contribution in [2.45, 2.75) is 47.0 Å². The summed E-state index contributed by atoms with van der Waals surface area (Å²) in [6.07, 6.45) is 6.36. The summed E-state index contributed by atoms with van der Waals surface area (Å²) in [6, 6.07) is 0. The average molecular weight is 249 g/mol. The lowest BCUT2D eigenvalue weighted by atomic mass is 9.72. The molecule has 2 aliphatic rings. The van der Waals surface area contributed by atoms with Gasteiger partial charge < -0.3 is 4.90 Å². The first-order valence-corrected chi connectivity index (χ1v) is 7.23. The SMILES string of the molecule is CC(=O)N(C)CC1CC1(C)C1CCC(C)=CC1C. The Morgan fingerprint density at radius 2 is 2.22 bits per heavy atom. The molecule has 0 spiro atoms. The van der Waals surface area contributed by atoms with E-state index < -0.39 is 0 Å². The maximum Gasteiger partial charge on any atom is 0.219 e. The second kappa shape index (κ2) is 4.71. The average Bonchev–Trinajstić information content (AvgIpc) is 2.89. The normalized spacial score (nSPS) is 39.2. The van der Waals surface area contributed by atoms with Crippen LogP contribution in [0.4, 0.5) is 0 Å². The van der Waals surface area contributed by atoms with Gasteiger partial charge in [0.25, 0.3) is 0 Å². The van der Waals surface area contributed by atoms with Gasteiger partial charge in [0.2, 0.25) is 5.91 Å². The topological polar surface area (TPSA) is 20.3 Å². The molecular weight excluding hydrogens is 222 g/mol. The fourth-order valence-electron chi connectivity index (χ4n) is 3.88. The Bertz CT molecular complexity index is 373. The Hall–Kier alpha value is -0.790. The summed E-state index contributed by atoms with van der Waals surface area (Å²) in [4.78, 5) is 13.2. The summed E-state index contributed by atoms with van der Waals surface area (Å²) >= 11 is 0. The van der Waals surface area contributed by atoms with Crippen molar-refractivity contribution in [3.63, 3.8) is 0 Å². The maximum atomic E-state index is 11.3. The van der Waals surface area contributed by atoms with Crippen LogP contribution >= 0.6 is 0 Å². The summed E-state index contributed by atoms with van der Waals surface area (Å²) in [5.41, 5.74) is 2.03. The van der Waals surface area contributed by atoms with E-state index >= 15 is 0 Å². The van der Waals surface area contributed by atoms with E-state index in [1.165, 1.54) is 19.3 Å². The predicted octanol–water partition coefficient (Wildman–Crippen LogP) is 3.48. The molecule has 0 radical (unpaired) electrons. The number of hydrogen-bond donors (Lipinski definition) is 0. The molecule has 0 aromatic carbocycles. The molecular formula is C16H27NO. The number of amides is 1. The summed E-state index contributed by atoms with van der Waals surface area (Å²) in [5, 5.41) is 0.